The van der Waals surface area contributed by atoms with E-state index < -0.39 is 5.97 Å². The summed E-state index contributed by atoms with van der Waals surface area (Å²) in [6, 6.07) is 22.8. The molecular formula is C24H22N4O2. The molecule has 150 valence electrons. The Balaban J connectivity index is 1.69. The molecule has 0 spiro atoms. The van der Waals surface area contributed by atoms with Gasteiger partial charge in [0.15, 0.2) is 11.6 Å². The smallest absolute Gasteiger partial charge is 0.335 e. The number of benzene rings is 3. The number of aromatic nitrogens is 2. The van der Waals surface area contributed by atoms with E-state index in [1.54, 1.807) is 24.3 Å². The highest BCUT2D eigenvalue weighted by Crippen LogP contribution is 2.30. The first kappa shape index (κ1) is 19.3. The lowest BCUT2D eigenvalue weighted by molar-refractivity contribution is 0.0697. The number of carboxylic acids is 1. The van der Waals surface area contributed by atoms with Crippen LogP contribution in [0.15, 0.2) is 72.8 Å². The number of imidazole rings is 1. The van der Waals surface area contributed by atoms with Gasteiger partial charge in [0.2, 0.25) is 0 Å². The quantitative estimate of drug-likeness (QED) is 0.326. The summed E-state index contributed by atoms with van der Waals surface area (Å²) in [6.07, 6.45) is 0. The Morgan fingerprint density at radius 1 is 0.800 bits per heavy atom. The molecule has 4 N–H and O–H groups in total. The van der Waals surface area contributed by atoms with E-state index in [4.69, 9.17) is 10.1 Å². The summed E-state index contributed by atoms with van der Waals surface area (Å²) >= 11 is 0. The number of rotatable bonds is 6. The van der Waals surface area contributed by atoms with E-state index >= 15 is 0 Å². The number of nitrogens with one attached hydrogen (secondary N) is 3. The van der Waals surface area contributed by atoms with Gasteiger partial charge < -0.3 is 20.7 Å². The van der Waals surface area contributed by atoms with E-state index in [1.165, 1.54) is 11.1 Å². The highest BCUT2D eigenvalue weighted by molar-refractivity contribution is 5.88. The van der Waals surface area contributed by atoms with Gasteiger partial charge in [-0.25, -0.2) is 9.78 Å². The second kappa shape index (κ2) is 8.13. The Labute approximate surface area is 174 Å². The second-order valence-electron chi connectivity index (χ2n) is 7.17. The molecule has 0 aliphatic heterocycles. The third kappa shape index (κ3) is 4.33. The molecule has 4 aromatic rings. The molecule has 3 aromatic carbocycles. The standard InChI is InChI=1S/C24H22N4O2/c1-15-3-11-19(12-4-15)25-22-23(26-20-13-5-16(2)6-14-20)28-21(27-22)17-7-9-18(10-8-17)24(29)30/h3-14,25-26H,1-2H3,(H,27,28)(H,29,30). The van der Waals surface area contributed by atoms with Gasteiger partial charge in [0.05, 0.1) is 5.56 Å². The number of aromatic amines is 1. The lowest BCUT2D eigenvalue weighted by Gasteiger charge is -2.09. The zero-order valence-electron chi connectivity index (χ0n) is 16.7. The predicted octanol–water partition coefficient (Wildman–Crippen LogP) is 5.88. The van der Waals surface area contributed by atoms with Gasteiger partial charge >= 0.3 is 5.97 Å². The average Bonchev–Trinajstić information content (AvgIpc) is 3.13. The summed E-state index contributed by atoms with van der Waals surface area (Å²) in [6.45, 7) is 4.09. The highest BCUT2D eigenvalue weighted by Gasteiger charge is 2.13. The topological polar surface area (TPSA) is 90.0 Å². The molecule has 0 aliphatic carbocycles. The minimum absolute atomic E-state index is 0.237. The molecule has 4 rings (SSSR count). The van der Waals surface area contributed by atoms with Crippen LogP contribution in [0, 0.1) is 13.8 Å². The lowest BCUT2D eigenvalue weighted by atomic mass is 10.1. The number of hydrogen-bond acceptors (Lipinski definition) is 4. The molecular weight excluding hydrogens is 376 g/mol. The lowest BCUT2D eigenvalue weighted by Crippen LogP contribution is -1.97. The minimum Gasteiger partial charge on any atom is -0.478 e. The van der Waals surface area contributed by atoms with Gasteiger partial charge in [-0.2, -0.15) is 0 Å². The monoisotopic (exact) mass is 398 g/mol. The molecule has 1 heterocycles. The zero-order chi connectivity index (χ0) is 21.1. The zero-order valence-corrected chi connectivity index (χ0v) is 16.7. The molecule has 0 aliphatic rings. The molecule has 0 bridgehead atoms. The molecule has 0 fully saturated rings. The van der Waals surface area contributed by atoms with E-state index in [0.29, 0.717) is 11.6 Å². The van der Waals surface area contributed by atoms with Crippen LogP contribution in [0.2, 0.25) is 0 Å². The predicted molar refractivity (Wildman–Crippen MR) is 120 cm³/mol. The normalized spacial score (nSPS) is 10.6. The molecule has 6 heteroatoms. The van der Waals surface area contributed by atoms with Gasteiger partial charge in [-0.05, 0) is 50.2 Å². The Bertz CT molecular complexity index is 1100. The van der Waals surface area contributed by atoms with Crippen LogP contribution in [0.3, 0.4) is 0 Å². The maximum absolute atomic E-state index is 11.1. The summed E-state index contributed by atoms with van der Waals surface area (Å²) in [5.41, 5.74) is 5.25. The molecule has 0 atom stereocenters. The van der Waals surface area contributed by atoms with Crippen molar-refractivity contribution in [2.75, 3.05) is 10.6 Å². The van der Waals surface area contributed by atoms with Gasteiger partial charge in [-0.15, -0.1) is 0 Å². The van der Waals surface area contributed by atoms with Crippen molar-refractivity contribution in [1.82, 2.24) is 9.97 Å². The molecule has 6 nitrogen and oxygen atoms in total. The van der Waals surface area contributed by atoms with Gasteiger partial charge in [0.25, 0.3) is 0 Å². The number of nitrogens with zero attached hydrogens (tertiary/aromatic N) is 1. The number of carboxylic acid groups (broad SMARTS) is 1. The van der Waals surface area contributed by atoms with Gasteiger partial charge in [-0.1, -0.05) is 47.5 Å². The van der Waals surface area contributed by atoms with Crippen LogP contribution in [-0.4, -0.2) is 21.0 Å². The van der Waals surface area contributed by atoms with Crippen LogP contribution < -0.4 is 10.6 Å². The summed E-state index contributed by atoms with van der Waals surface area (Å²) in [4.78, 5) is 19.1. The number of aromatic carboxylic acids is 1. The third-order valence-electron chi connectivity index (χ3n) is 4.74. The fourth-order valence-corrected chi connectivity index (χ4v) is 3.02. The first-order valence-electron chi connectivity index (χ1n) is 9.59. The van der Waals surface area contributed by atoms with Crippen molar-refractivity contribution in [3.05, 3.63) is 89.5 Å². The SMILES string of the molecule is Cc1ccc(Nc2nc(-c3ccc(C(=O)O)cc3)[nH]c2Nc2ccc(C)cc2)cc1. The fraction of sp³-hybridized carbons (Fsp3) is 0.0833. The molecule has 0 radical (unpaired) electrons. The van der Waals surface area contributed by atoms with Crippen LogP contribution in [0.4, 0.5) is 23.0 Å². The van der Waals surface area contributed by atoms with E-state index in [1.807, 2.05) is 62.4 Å². The van der Waals surface area contributed by atoms with E-state index in [0.717, 1.165) is 22.8 Å². The van der Waals surface area contributed by atoms with Crippen molar-refractivity contribution < 1.29 is 9.90 Å². The van der Waals surface area contributed by atoms with Crippen molar-refractivity contribution >= 4 is 29.0 Å². The molecule has 0 amide bonds. The Morgan fingerprint density at radius 3 is 1.87 bits per heavy atom. The highest BCUT2D eigenvalue weighted by atomic mass is 16.4. The van der Waals surface area contributed by atoms with Crippen molar-refractivity contribution in [3.8, 4) is 11.4 Å². The number of anilines is 4. The van der Waals surface area contributed by atoms with Crippen molar-refractivity contribution in [2.45, 2.75) is 13.8 Å². The van der Waals surface area contributed by atoms with Crippen LogP contribution in [-0.2, 0) is 0 Å². The Hall–Kier alpha value is -4.06. The van der Waals surface area contributed by atoms with Gasteiger partial charge in [0.1, 0.15) is 5.82 Å². The molecule has 0 saturated heterocycles. The van der Waals surface area contributed by atoms with Gasteiger partial charge in [-0.3, -0.25) is 0 Å². The van der Waals surface area contributed by atoms with E-state index in [9.17, 15) is 4.79 Å². The maximum atomic E-state index is 11.1. The maximum Gasteiger partial charge on any atom is 0.335 e. The largest absolute Gasteiger partial charge is 0.478 e. The summed E-state index contributed by atoms with van der Waals surface area (Å²) in [5, 5.41) is 15.8. The summed E-state index contributed by atoms with van der Waals surface area (Å²) < 4.78 is 0. The minimum atomic E-state index is -0.954. The molecule has 0 saturated carbocycles. The third-order valence-corrected chi connectivity index (χ3v) is 4.74. The number of carbonyl (C=O) groups is 1. The van der Waals surface area contributed by atoms with Gasteiger partial charge in [0, 0.05) is 16.9 Å². The summed E-state index contributed by atoms with van der Waals surface area (Å²) in [5.74, 6) is 1.05. The summed E-state index contributed by atoms with van der Waals surface area (Å²) in [7, 11) is 0. The molecule has 1 aromatic heterocycles. The van der Waals surface area contributed by atoms with Crippen LogP contribution in [0.25, 0.3) is 11.4 Å². The van der Waals surface area contributed by atoms with Crippen LogP contribution in [0.5, 0.6) is 0 Å². The first-order chi connectivity index (χ1) is 14.5. The molecule has 0 unspecified atom stereocenters. The van der Waals surface area contributed by atoms with E-state index in [-0.39, 0.29) is 5.56 Å². The molecule has 30 heavy (non-hydrogen) atoms. The van der Waals surface area contributed by atoms with Crippen LogP contribution in [0.1, 0.15) is 21.5 Å². The number of hydrogen-bond donors (Lipinski definition) is 4. The van der Waals surface area contributed by atoms with E-state index in [2.05, 4.69) is 15.6 Å². The number of H-pyrrole nitrogens is 1. The van der Waals surface area contributed by atoms with Crippen molar-refractivity contribution in [3.63, 3.8) is 0 Å². The Kier molecular flexibility index (Phi) is 5.22. The Morgan fingerprint density at radius 2 is 1.33 bits per heavy atom. The van der Waals surface area contributed by atoms with Crippen molar-refractivity contribution in [2.24, 2.45) is 0 Å². The number of aryl methyl sites for hydroxylation is 2. The second-order valence-corrected chi connectivity index (χ2v) is 7.17. The van der Waals surface area contributed by atoms with Crippen molar-refractivity contribution in [1.29, 1.82) is 0 Å². The average molecular weight is 398 g/mol. The fourth-order valence-electron chi connectivity index (χ4n) is 3.02. The first-order valence-corrected chi connectivity index (χ1v) is 9.59. The van der Waals surface area contributed by atoms with Crippen LogP contribution >= 0.6 is 0 Å².